The Hall–Kier alpha value is -1.84. The van der Waals surface area contributed by atoms with E-state index in [1.165, 1.54) is 6.20 Å². The third-order valence-electron chi connectivity index (χ3n) is 3.06. The number of fused-ring (bicyclic) bond motifs is 1. The maximum atomic E-state index is 10.3. The van der Waals surface area contributed by atoms with Crippen molar-refractivity contribution in [3.8, 4) is 0 Å². The fraction of sp³-hybridized carbons (Fsp3) is 0.133. The number of halogens is 1. The van der Waals surface area contributed by atoms with Crippen molar-refractivity contribution < 1.29 is 9.52 Å². The molecule has 3 aromatic rings. The lowest BCUT2D eigenvalue weighted by Crippen LogP contribution is -2.00. The van der Waals surface area contributed by atoms with Gasteiger partial charge in [-0.1, -0.05) is 29.8 Å². The van der Waals surface area contributed by atoms with Crippen molar-refractivity contribution in [2.24, 2.45) is 0 Å². The Bertz CT molecular complexity index is 719. The number of pyridine rings is 1. The Kier molecular flexibility index (Phi) is 3.01. The molecule has 2 heterocycles. The number of aryl methyl sites for hydroxylation is 1. The zero-order valence-corrected chi connectivity index (χ0v) is 11.1. The highest BCUT2D eigenvalue weighted by Gasteiger charge is 2.17. The summed E-state index contributed by atoms with van der Waals surface area (Å²) in [6.07, 6.45) is 0.623. The van der Waals surface area contributed by atoms with Gasteiger partial charge in [0.05, 0.1) is 10.7 Å². The van der Waals surface area contributed by atoms with Crippen molar-refractivity contribution in [2.75, 3.05) is 0 Å². The van der Waals surface area contributed by atoms with Crippen LogP contribution in [0.1, 0.15) is 23.1 Å². The molecule has 0 saturated carbocycles. The molecule has 19 heavy (non-hydrogen) atoms. The number of aromatic nitrogens is 1. The molecule has 1 N–H and O–H groups in total. The molecule has 0 amide bonds. The molecule has 3 rings (SSSR count). The van der Waals surface area contributed by atoms with Gasteiger partial charge in [-0.2, -0.15) is 0 Å². The summed E-state index contributed by atoms with van der Waals surface area (Å²) >= 11 is 5.78. The fourth-order valence-electron chi connectivity index (χ4n) is 2.06. The van der Waals surface area contributed by atoms with E-state index < -0.39 is 6.10 Å². The predicted octanol–water partition coefficient (Wildman–Crippen LogP) is 3.87. The minimum atomic E-state index is -0.885. The van der Waals surface area contributed by atoms with Crippen LogP contribution in [0, 0.1) is 6.92 Å². The summed E-state index contributed by atoms with van der Waals surface area (Å²) < 4.78 is 5.72. The van der Waals surface area contributed by atoms with Crippen molar-refractivity contribution in [2.45, 2.75) is 13.0 Å². The monoisotopic (exact) mass is 273 g/mol. The van der Waals surface area contributed by atoms with Gasteiger partial charge in [0.2, 0.25) is 0 Å². The second kappa shape index (κ2) is 4.68. The van der Waals surface area contributed by atoms with Crippen LogP contribution < -0.4 is 0 Å². The summed E-state index contributed by atoms with van der Waals surface area (Å²) in [6.45, 7) is 1.97. The van der Waals surface area contributed by atoms with Crippen molar-refractivity contribution in [3.05, 3.63) is 64.6 Å². The van der Waals surface area contributed by atoms with Crippen LogP contribution in [0.25, 0.3) is 11.0 Å². The van der Waals surface area contributed by atoms with E-state index in [-0.39, 0.29) is 0 Å². The third-order valence-corrected chi connectivity index (χ3v) is 3.28. The summed E-state index contributed by atoms with van der Waals surface area (Å²) in [7, 11) is 0. The number of para-hydroxylation sites is 1. The van der Waals surface area contributed by atoms with Crippen LogP contribution in [0.4, 0.5) is 0 Å². The molecule has 0 aliphatic heterocycles. The van der Waals surface area contributed by atoms with Crippen molar-refractivity contribution in [1.29, 1.82) is 0 Å². The summed E-state index contributed by atoms with van der Waals surface area (Å²) in [4.78, 5) is 4.11. The van der Waals surface area contributed by atoms with E-state index in [0.717, 1.165) is 16.5 Å². The van der Waals surface area contributed by atoms with Gasteiger partial charge in [0.25, 0.3) is 0 Å². The molecule has 3 nitrogen and oxygen atoms in total. The molecular weight excluding hydrogens is 262 g/mol. The van der Waals surface area contributed by atoms with E-state index in [4.69, 9.17) is 16.0 Å². The molecule has 96 valence electrons. The van der Waals surface area contributed by atoms with Gasteiger partial charge in [-0.05, 0) is 30.7 Å². The number of nitrogens with zero attached hydrogens (tertiary/aromatic N) is 1. The normalized spacial score (nSPS) is 12.8. The first-order valence-electron chi connectivity index (χ1n) is 5.94. The van der Waals surface area contributed by atoms with Crippen LogP contribution >= 0.6 is 11.6 Å². The molecule has 4 heteroatoms. The van der Waals surface area contributed by atoms with Gasteiger partial charge in [0.1, 0.15) is 11.3 Å². The van der Waals surface area contributed by atoms with Gasteiger partial charge in [0, 0.05) is 11.6 Å². The molecule has 0 aliphatic rings. The Morgan fingerprint density at radius 2 is 2.11 bits per heavy atom. The van der Waals surface area contributed by atoms with Crippen molar-refractivity contribution >= 4 is 22.6 Å². The van der Waals surface area contributed by atoms with Crippen LogP contribution in [0.5, 0.6) is 0 Å². The average Bonchev–Trinajstić information content (AvgIpc) is 2.84. The second-order valence-corrected chi connectivity index (χ2v) is 4.88. The molecule has 0 spiro atoms. The Balaban J connectivity index is 2.04. The van der Waals surface area contributed by atoms with E-state index in [9.17, 15) is 5.11 Å². The van der Waals surface area contributed by atoms with Gasteiger partial charge >= 0.3 is 0 Å². The number of hydrogen-bond donors (Lipinski definition) is 1. The lowest BCUT2D eigenvalue weighted by molar-refractivity contribution is 0.187. The maximum Gasteiger partial charge on any atom is 0.153 e. The van der Waals surface area contributed by atoms with Crippen LogP contribution in [0.15, 0.2) is 47.0 Å². The highest BCUT2D eigenvalue weighted by molar-refractivity contribution is 6.30. The standard InChI is InChI=1S/C15H12ClNO2/c1-9-3-2-4-10-7-13(19-15(9)10)14(18)12-6-5-11(16)8-17-12/h2-8,14,18H,1H3. The second-order valence-electron chi connectivity index (χ2n) is 4.45. The topological polar surface area (TPSA) is 46.3 Å². The molecule has 0 radical (unpaired) electrons. The van der Waals surface area contributed by atoms with Gasteiger partial charge in [-0.25, -0.2) is 0 Å². The number of furan rings is 1. The highest BCUT2D eigenvalue weighted by Crippen LogP contribution is 2.29. The molecule has 0 aliphatic carbocycles. The average molecular weight is 274 g/mol. The van der Waals surface area contributed by atoms with Crippen LogP contribution in [-0.2, 0) is 0 Å². The SMILES string of the molecule is Cc1cccc2cc(C(O)c3ccc(Cl)cn3)oc12. The maximum absolute atomic E-state index is 10.3. The van der Waals surface area contributed by atoms with E-state index >= 15 is 0 Å². The summed E-state index contributed by atoms with van der Waals surface area (Å²) in [6, 6.07) is 11.1. The Morgan fingerprint density at radius 1 is 1.26 bits per heavy atom. The van der Waals surface area contributed by atoms with Crippen LogP contribution in [0.2, 0.25) is 5.02 Å². The zero-order chi connectivity index (χ0) is 13.4. The quantitative estimate of drug-likeness (QED) is 0.771. The minimum absolute atomic E-state index is 0.485. The van der Waals surface area contributed by atoms with Crippen molar-refractivity contribution in [1.82, 2.24) is 4.98 Å². The van der Waals surface area contributed by atoms with E-state index in [1.807, 2.05) is 31.2 Å². The number of benzene rings is 1. The third kappa shape index (κ3) is 2.23. The van der Waals surface area contributed by atoms with Crippen LogP contribution in [-0.4, -0.2) is 10.1 Å². The largest absolute Gasteiger partial charge is 0.458 e. The Labute approximate surface area is 115 Å². The van der Waals surface area contributed by atoms with E-state index in [1.54, 1.807) is 12.1 Å². The lowest BCUT2D eigenvalue weighted by Gasteiger charge is -2.06. The van der Waals surface area contributed by atoms with Gasteiger partial charge < -0.3 is 9.52 Å². The van der Waals surface area contributed by atoms with Gasteiger partial charge in [-0.15, -0.1) is 0 Å². The molecule has 1 atom stereocenters. The minimum Gasteiger partial charge on any atom is -0.458 e. The number of rotatable bonds is 2. The zero-order valence-electron chi connectivity index (χ0n) is 10.3. The first-order chi connectivity index (χ1) is 9.15. The number of aliphatic hydroxyl groups excluding tert-OH is 1. The van der Waals surface area contributed by atoms with E-state index in [2.05, 4.69) is 4.98 Å². The lowest BCUT2D eigenvalue weighted by atomic mass is 10.1. The number of hydrogen-bond acceptors (Lipinski definition) is 3. The summed E-state index contributed by atoms with van der Waals surface area (Å²) in [5.74, 6) is 0.485. The summed E-state index contributed by atoms with van der Waals surface area (Å²) in [5, 5.41) is 11.8. The molecule has 0 bridgehead atoms. The first kappa shape index (κ1) is 12.2. The van der Waals surface area contributed by atoms with Crippen LogP contribution in [0.3, 0.4) is 0 Å². The molecular formula is C15H12ClNO2. The van der Waals surface area contributed by atoms with Gasteiger partial charge in [-0.3, -0.25) is 4.98 Å². The summed E-state index contributed by atoms with van der Waals surface area (Å²) in [5.41, 5.74) is 2.35. The Morgan fingerprint density at radius 3 is 2.79 bits per heavy atom. The molecule has 2 aromatic heterocycles. The highest BCUT2D eigenvalue weighted by atomic mass is 35.5. The fourth-order valence-corrected chi connectivity index (χ4v) is 2.17. The van der Waals surface area contributed by atoms with Gasteiger partial charge in [0.15, 0.2) is 6.10 Å². The smallest absolute Gasteiger partial charge is 0.153 e. The molecule has 0 fully saturated rings. The molecule has 1 aromatic carbocycles. The van der Waals surface area contributed by atoms with Crippen molar-refractivity contribution in [3.63, 3.8) is 0 Å². The molecule has 0 saturated heterocycles. The predicted molar refractivity (Wildman–Crippen MR) is 74.3 cm³/mol. The first-order valence-corrected chi connectivity index (χ1v) is 6.31. The van der Waals surface area contributed by atoms with E-state index in [0.29, 0.717) is 16.5 Å². The molecule has 1 unspecified atom stereocenters. The number of aliphatic hydroxyl groups is 1.